The molecule has 1 saturated carbocycles. The standard InChI is InChI=1S/C5H10.C4H8O.2C2H6/c2*1-2-4-5-3-1;2*1-2/h1-5H2;1-4H2;2*1-2H3. The molecule has 1 nitrogen and oxygen atoms in total. The predicted octanol–water partition coefficient (Wildman–Crippen LogP) is 4.80. The first-order chi connectivity index (χ1) is 7.00. The Bertz CT molecular complexity index is 38.4. The molecule has 0 atom stereocenters. The maximum atomic E-state index is 4.94. The summed E-state index contributed by atoms with van der Waals surface area (Å²) >= 11 is 0. The minimum absolute atomic E-state index is 1.00. The molecule has 0 unspecified atom stereocenters. The molecular weight excluding hydrogens is 172 g/mol. The Labute approximate surface area is 91.2 Å². The molecule has 1 aliphatic carbocycles. The third-order valence-corrected chi connectivity index (χ3v) is 2.08. The second kappa shape index (κ2) is 18.7. The number of ether oxygens (including phenoxy) is 1. The molecule has 0 aromatic heterocycles. The molecule has 0 amide bonds. The van der Waals surface area contributed by atoms with Crippen LogP contribution in [0.1, 0.15) is 72.6 Å². The van der Waals surface area contributed by atoms with E-state index in [0.717, 1.165) is 13.2 Å². The van der Waals surface area contributed by atoms with Crippen molar-refractivity contribution in [2.45, 2.75) is 72.6 Å². The van der Waals surface area contributed by atoms with Gasteiger partial charge in [-0.15, -0.1) is 0 Å². The van der Waals surface area contributed by atoms with Gasteiger partial charge in [-0.1, -0.05) is 59.8 Å². The second-order valence-corrected chi connectivity index (χ2v) is 3.09. The summed E-state index contributed by atoms with van der Waals surface area (Å²) in [6.07, 6.45) is 10.1. The molecule has 0 spiro atoms. The molecule has 2 fully saturated rings. The van der Waals surface area contributed by atoms with E-state index in [1.807, 2.05) is 27.7 Å². The molecule has 2 aliphatic rings. The zero-order chi connectivity index (χ0) is 11.1. The summed E-state index contributed by atoms with van der Waals surface area (Å²) < 4.78 is 4.94. The van der Waals surface area contributed by atoms with E-state index in [9.17, 15) is 0 Å². The van der Waals surface area contributed by atoms with Crippen molar-refractivity contribution in [2.75, 3.05) is 13.2 Å². The Kier molecular flexibility index (Phi) is 21.9. The van der Waals surface area contributed by atoms with Crippen molar-refractivity contribution in [3.8, 4) is 0 Å². The number of rotatable bonds is 0. The van der Waals surface area contributed by atoms with E-state index in [-0.39, 0.29) is 0 Å². The normalized spacial score (nSPS) is 18.0. The molecule has 88 valence electrons. The smallest absolute Gasteiger partial charge is 0.0466 e. The van der Waals surface area contributed by atoms with E-state index in [1.54, 1.807) is 0 Å². The van der Waals surface area contributed by atoms with Crippen molar-refractivity contribution in [2.24, 2.45) is 0 Å². The fourth-order valence-electron chi connectivity index (χ4n) is 1.39. The average molecular weight is 202 g/mol. The Balaban J connectivity index is 0. The van der Waals surface area contributed by atoms with Gasteiger partial charge in [-0.2, -0.15) is 0 Å². The molecule has 1 heteroatoms. The Morgan fingerprint density at radius 1 is 0.500 bits per heavy atom. The van der Waals surface area contributed by atoms with E-state index in [1.165, 1.54) is 44.9 Å². The molecule has 0 aromatic carbocycles. The molecular formula is C13H30O. The van der Waals surface area contributed by atoms with Crippen molar-refractivity contribution in [1.29, 1.82) is 0 Å². The van der Waals surface area contributed by atoms with E-state index >= 15 is 0 Å². The quantitative estimate of drug-likeness (QED) is 0.548. The summed E-state index contributed by atoms with van der Waals surface area (Å²) in [6.45, 7) is 10.0. The lowest BCUT2D eigenvalue weighted by molar-refractivity contribution is 0.198. The van der Waals surface area contributed by atoms with E-state index in [0.29, 0.717) is 0 Å². The van der Waals surface area contributed by atoms with Crippen molar-refractivity contribution in [3.05, 3.63) is 0 Å². The zero-order valence-corrected chi connectivity index (χ0v) is 10.8. The molecule has 1 heterocycles. The maximum absolute atomic E-state index is 4.94. The lowest BCUT2D eigenvalue weighted by atomic mass is 10.4. The first-order valence-corrected chi connectivity index (χ1v) is 6.58. The maximum Gasteiger partial charge on any atom is 0.0466 e. The average Bonchev–Trinajstić information content (AvgIpc) is 3.01. The highest BCUT2D eigenvalue weighted by atomic mass is 16.5. The zero-order valence-electron chi connectivity index (χ0n) is 10.8. The highest BCUT2D eigenvalue weighted by molar-refractivity contribution is 4.51. The largest absolute Gasteiger partial charge is 0.381 e. The minimum Gasteiger partial charge on any atom is -0.381 e. The van der Waals surface area contributed by atoms with Gasteiger partial charge in [-0.3, -0.25) is 0 Å². The van der Waals surface area contributed by atoms with Gasteiger partial charge < -0.3 is 4.74 Å². The first kappa shape index (κ1) is 16.4. The van der Waals surface area contributed by atoms with Gasteiger partial charge in [-0.25, -0.2) is 0 Å². The number of hydrogen-bond donors (Lipinski definition) is 0. The fourth-order valence-corrected chi connectivity index (χ4v) is 1.39. The van der Waals surface area contributed by atoms with Gasteiger partial charge in [0.25, 0.3) is 0 Å². The third-order valence-electron chi connectivity index (χ3n) is 2.08. The lowest BCUT2D eigenvalue weighted by Crippen LogP contribution is -1.74. The van der Waals surface area contributed by atoms with Crippen molar-refractivity contribution < 1.29 is 4.74 Å². The molecule has 0 bridgehead atoms. The lowest BCUT2D eigenvalue weighted by Gasteiger charge is -1.76. The van der Waals surface area contributed by atoms with Gasteiger partial charge in [0.2, 0.25) is 0 Å². The predicted molar refractivity (Wildman–Crippen MR) is 65.8 cm³/mol. The Morgan fingerprint density at radius 2 is 0.786 bits per heavy atom. The topological polar surface area (TPSA) is 9.23 Å². The summed E-state index contributed by atoms with van der Waals surface area (Å²) in [6, 6.07) is 0. The third kappa shape index (κ3) is 14.5. The van der Waals surface area contributed by atoms with Gasteiger partial charge in [0, 0.05) is 13.2 Å². The van der Waals surface area contributed by atoms with E-state index in [4.69, 9.17) is 4.74 Å². The van der Waals surface area contributed by atoms with Gasteiger partial charge >= 0.3 is 0 Å². The molecule has 1 aliphatic heterocycles. The van der Waals surface area contributed by atoms with E-state index < -0.39 is 0 Å². The van der Waals surface area contributed by atoms with Crippen LogP contribution in [0, 0.1) is 0 Å². The van der Waals surface area contributed by atoms with Crippen molar-refractivity contribution in [3.63, 3.8) is 0 Å². The molecule has 14 heavy (non-hydrogen) atoms. The molecule has 2 rings (SSSR count). The second-order valence-electron chi connectivity index (χ2n) is 3.09. The van der Waals surface area contributed by atoms with Crippen LogP contribution in [0.4, 0.5) is 0 Å². The SMILES string of the molecule is C1CCCC1.C1CCOC1.CC.CC. The van der Waals surface area contributed by atoms with Gasteiger partial charge in [-0.05, 0) is 12.8 Å². The van der Waals surface area contributed by atoms with Gasteiger partial charge in [0.1, 0.15) is 0 Å². The molecule has 1 saturated heterocycles. The van der Waals surface area contributed by atoms with Crippen molar-refractivity contribution in [1.82, 2.24) is 0 Å². The first-order valence-electron chi connectivity index (χ1n) is 6.58. The van der Waals surface area contributed by atoms with Crippen LogP contribution in [0.25, 0.3) is 0 Å². The van der Waals surface area contributed by atoms with Crippen LogP contribution < -0.4 is 0 Å². The van der Waals surface area contributed by atoms with Crippen LogP contribution in [-0.2, 0) is 4.74 Å². The summed E-state index contributed by atoms with van der Waals surface area (Å²) in [7, 11) is 0. The summed E-state index contributed by atoms with van der Waals surface area (Å²) in [5.74, 6) is 0. The van der Waals surface area contributed by atoms with Gasteiger partial charge in [0.05, 0.1) is 0 Å². The Hall–Kier alpha value is -0.0400. The van der Waals surface area contributed by atoms with Crippen LogP contribution in [0.5, 0.6) is 0 Å². The van der Waals surface area contributed by atoms with Crippen LogP contribution >= 0.6 is 0 Å². The Morgan fingerprint density at radius 3 is 0.929 bits per heavy atom. The van der Waals surface area contributed by atoms with Crippen LogP contribution in [-0.4, -0.2) is 13.2 Å². The van der Waals surface area contributed by atoms with E-state index in [2.05, 4.69) is 0 Å². The van der Waals surface area contributed by atoms with Crippen LogP contribution in [0.2, 0.25) is 0 Å². The summed E-state index contributed by atoms with van der Waals surface area (Å²) in [5.41, 5.74) is 0. The molecule has 0 aromatic rings. The van der Waals surface area contributed by atoms with Crippen LogP contribution in [0.15, 0.2) is 0 Å². The highest BCUT2D eigenvalue weighted by Gasteiger charge is 1.95. The van der Waals surface area contributed by atoms with Crippen LogP contribution in [0.3, 0.4) is 0 Å². The molecule has 0 N–H and O–H groups in total. The molecule has 0 radical (unpaired) electrons. The summed E-state index contributed by atoms with van der Waals surface area (Å²) in [4.78, 5) is 0. The fraction of sp³-hybridized carbons (Fsp3) is 1.00. The monoisotopic (exact) mass is 202 g/mol. The van der Waals surface area contributed by atoms with Crippen molar-refractivity contribution >= 4 is 0 Å². The highest BCUT2D eigenvalue weighted by Crippen LogP contribution is 2.15. The van der Waals surface area contributed by atoms with Gasteiger partial charge in [0.15, 0.2) is 0 Å². The minimum atomic E-state index is 1.00. The number of hydrogen-bond acceptors (Lipinski definition) is 1. The summed E-state index contributed by atoms with van der Waals surface area (Å²) in [5, 5.41) is 0.